The van der Waals surface area contributed by atoms with E-state index in [-0.39, 0.29) is 11.6 Å². The van der Waals surface area contributed by atoms with Crippen LogP contribution in [-0.4, -0.2) is 44.8 Å². The molecule has 35 heavy (non-hydrogen) atoms. The molecule has 9 heteroatoms. The van der Waals surface area contributed by atoms with Gasteiger partial charge in [0.2, 0.25) is 0 Å². The van der Waals surface area contributed by atoms with Gasteiger partial charge in [-0.15, -0.1) is 0 Å². The van der Waals surface area contributed by atoms with Crippen LogP contribution in [0.4, 0.5) is 4.39 Å². The molecule has 0 bridgehead atoms. The third-order valence-corrected chi connectivity index (χ3v) is 5.94. The Morgan fingerprint density at radius 1 is 1.26 bits per heavy atom. The van der Waals surface area contributed by atoms with Gasteiger partial charge in [0, 0.05) is 35.6 Å². The van der Waals surface area contributed by atoms with E-state index < -0.39 is 11.7 Å². The molecule has 1 N–H and O–H groups in total. The molecule has 0 atom stereocenters. The summed E-state index contributed by atoms with van der Waals surface area (Å²) in [7, 11) is 1.61. The zero-order chi connectivity index (χ0) is 24.5. The molecule has 0 spiro atoms. The van der Waals surface area contributed by atoms with E-state index in [0.29, 0.717) is 23.6 Å². The monoisotopic (exact) mass is 475 g/mol. The molecule has 180 valence electrons. The van der Waals surface area contributed by atoms with Gasteiger partial charge in [-0.05, 0) is 50.5 Å². The van der Waals surface area contributed by atoms with Gasteiger partial charge in [0.15, 0.2) is 0 Å². The molecule has 4 aromatic rings. The lowest BCUT2D eigenvalue weighted by Crippen LogP contribution is -2.26. The minimum atomic E-state index is -0.542. The summed E-state index contributed by atoms with van der Waals surface area (Å²) in [5.74, 6) is -0.262. The van der Waals surface area contributed by atoms with Crippen LogP contribution in [-0.2, 0) is 4.74 Å². The fourth-order valence-electron chi connectivity index (χ4n) is 3.91. The molecule has 1 saturated carbocycles. The van der Waals surface area contributed by atoms with Crippen molar-refractivity contribution in [2.24, 2.45) is 0 Å². The molecule has 3 heterocycles. The zero-order valence-electron chi connectivity index (χ0n) is 19.8. The van der Waals surface area contributed by atoms with E-state index in [0.717, 1.165) is 35.3 Å². The van der Waals surface area contributed by atoms with Gasteiger partial charge in [0.25, 0.3) is 5.91 Å². The van der Waals surface area contributed by atoms with E-state index in [1.165, 1.54) is 6.07 Å². The molecule has 1 aromatic carbocycles. The molecule has 5 rings (SSSR count). The Labute approximate surface area is 202 Å². The number of benzene rings is 1. The highest BCUT2D eigenvalue weighted by Crippen LogP contribution is 2.28. The van der Waals surface area contributed by atoms with E-state index in [1.54, 1.807) is 43.4 Å². The second-order valence-electron chi connectivity index (χ2n) is 8.47. The maximum absolute atomic E-state index is 14.6. The third-order valence-electron chi connectivity index (χ3n) is 5.94. The van der Waals surface area contributed by atoms with Crippen molar-refractivity contribution in [3.05, 3.63) is 71.8 Å². The van der Waals surface area contributed by atoms with Crippen molar-refractivity contribution < 1.29 is 18.7 Å². The van der Waals surface area contributed by atoms with E-state index in [1.807, 2.05) is 35.9 Å². The first kappa shape index (κ1) is 22.6. The number of nitrogens with zero attached hydrogens (tertiary/aromatic N) is 4. The second-order valence-corrected chi connectivity index (χ2v) is 8.47. The molecule has 1 aliphatic rings. The number of hydrogen-bond acceptors (Lipinski definition) is 5. The minimum absolute atomic E-state index is 0.0159. The minimum Gasteiger partial charge on any atom is -0.501 e. The van der Waals surface area contributed by atoms with Crippen molar-refractivity contribution in [2.75, 3.05) is 13.7 Å². The normalized spacial score (nSPS) is 13.5. The number of fused-ring (bicyclic) bond motifs is 1. The highest BCUT2D eigenvalue weighted by molar-refractivity contribution is 5.95. The van der Waals surface area contributed by atoms with Crippen LogP contribution >= 0.6 is 0 Å². The Kier molecular flexibility index (Phi) is 5.98. The van der Waals surface area contributed by atoms with Crippen LogP contribution in [0, 0.1) is 12.7 Å². The molecule has 0 radical (unpaired) electrons. The van der Waals surface area contributed by atoms with Crippen molar-refractivity contribution >= 4 is 17.6 Å². The van der Waals surface area contributed by atoms with Gasteiger partial charge in [-0.3, -0.25) is 9.20 Å². The first-order valence-corrected chi connectivity index (χ1v) is 11.5. The first-order valence-electron chi connectivity index (χ1n) is 11.5. The number of aromatic nitrogens is 4. The fourth-order valence-corrected chi connectivity index (χ4v) is 3.91. The van der Waals surface area contributed by atoms with Gasteiger partial charge in [0.05, 0.1) is 49.3 Å². The number of nitrogens with one attached hydrogen (secondary N) is 1. The second kappa shape index (κ2) is 9.25. The molecular formula is C26H26FN5O3. The summed E-state index contributed by atoms with van der Waals surface area (Å²) in [6.45, 7) is 4.28. The zero-order valence-corrected chi connectivity index (χ0v) is 19.8. The number of rotatable bonds is 8. The molecule has 8 nitrogen and oxygen atoms in total. The Hall–Kier alpha value is -4.14. The van der Waals surface area contributed by atoms with E-state index in [2.05, 4.69) is 15.4 Å². The van der Waals surface area contributed by atoms with Crippen LogP contribution in [0.2, 0.25) is 0 Å². The maximum atomic E-state index is 14.6. The average molecular weight is 476 g/mol. The standard InChI is InChI=1S/C26H26FN5O3/c1-4-35-8-7-17-14-31-23(13-28-25(31)11-24(17)34-3)18-12-29-32(15-18)22-10-20(21(27)9-16(22)2)26(33)30-19-5-6-19/h7-15,19H,4-6H2,1-3H3,(H,30,33)/b8-7+. The summed E-state index contributed by atoms with van der Waals surface area (Å²) < 4.78 is 29.0. The summed E-state index contributed by atoms with van der Waals surface area (Å²) in [4.78, 5) is 17.0. The number of imidazole rings is 1. The number of hydrogen-bond donors (Lipinski definition) is 1. The number of aryl methyl sites for hydroxylation is 1. The lowest BCUT2D eigenvalue weighted by atomic mass is 10.1. The molecule has 1 fully saturated rings. The molecule has 1 amide bonds. The Balaban J connectivity index is 1.51. The lowest BCUT2D eigenvalue weighted by Gasteiger charge is -2.11. The predicted molar refractivity (Wildman–Crippen MR) is 130 cm³/mol. The van der Waals surface area contributed by atoms with Crippen molar-refractivity contribution in [3.8, 4) is 22.7 Å². The van der Waals surface area contributed by atoms with Crippen LogP contribution in [0.15, 0.2) is 49.2 Å². The number of carbonyl (C=O) groups is 1. The third kappa shape index (κ3) is 4.49. The SMILES string of the molecule is CCO/C=C/c1cn2c(-c3cnn(-c4cc(C(=O)NC5CC5)c(F)cc4C)c3)cnc2cc1OC. The molecule has 0 unspecified atom stereocenters. The molecule has 0 saturated heterocycles. The number of ether oxygens (including phenoxy) is 2. The smallest absolute Gasteiger partial charge is 0.254 e. The van der Waals surface area contributed by atoms with Crippen molar-refractivity contribution in [1.29, 1.82) is 0 Å². The van der Waals surface area contributed by atoms with Crippen molar-refractivity contribution in [2.45, 2.75) is 32.7 Å². The van der Waals surface area contributed by atoms with Crippen LogP contribution in [0.5, 0.6) is 5.75 Å². The van der Waals surface area contributed by atoms with Crippen molar-refractivity contribution in [3.63, 3.8) is 0 Å². The summed E-state index contributed by atoms with van der Waals surface area (Å²) in [6, 6.07) is 4.92. The number of amides is 1. The molecule has 1 aliphatic carbocycles. The molecule has 0 aliphatic heterocycles. The van der Waals surface area contributed by atoms with Gasteiger partial charge in [-0.2, -0.15) is 5.10 Å². The Bertz CT molecular complexity index is 1430. The summed E-state index contributed by atoms with van der Waals surface area (Å²) in [6.07, 6.45) is 12.6. The summed E-state index contributed by atoms with van der Waals surface area (Å²) in [5, 5.41) is 7.34. The lowest BCUT2D eigenvalue weighted by molar-refractivity contribution is 0.0947. The van der Waals surface area contributed by atoms with Crippen LogP contribution in [0.25, 0.3) is 28.7 Å². The van der Waals surface area contributed by atoms with Crippen molar-refractivity contribution in [1.82, 2.24) is 24.5 Å². The van der Waals surface area contributed by atoms with Gasteiger partial charge in [-0.1, -0.05) is 0 Å². The maximum Gasteiger partial charge on any atom is 0.254 e. The predicted octanol–water partition coefficient (Wildman–Crippen LogP) is 4.54. The topological polar surface area (TPSA) is 82.7 Å². The Morgan fingerprint density at radius 2 is 2.09 bits per heavy atom. The first-order chi connectivity index (χ1) is 17.0. The Morgan fingerprint density at radius 3 is 2.83 bits per heavy atom. The van der Waals surface area contributed by atoms with Crippen LogP contribution in [0.1, 0.15) is 41.3 Å². The van der Waals surface area contributed by atoms with Crippen LogP contribution < -0.4 is 10.1 Å². The number of pyridine rings is 1. The van der Waals surface area contributed by atoms with Crippen LogP contribution in [0.3, 0.4) is 0 Å². The number of halogens is 1. The fraction of sp³-hybridized carbons (Fsp3) is 0.269. The molecule has 3 aromatic heterocycles. The highest BCUT2D eigenvalue weighted by Gasteiger charge is 2.26. The largest absolute Gasteiger partial charge is 0.501 e. The molecular weight excluding hydrogens is 449 g/mol. The van der Waals surface area contributed by atoms with E-state index in [4.69, 9.17) is 9.47 Å². The number of carbonyl (C=O) groups excluding carboxylic acids is 1. The number of methoxy groups -OCH3 is 1. The average Bonchev–Trinajstić information content (AvgIpc) is 3.36. The van der Waals surface area contributed by atoms with Gasteiger partial charge >= 0.3 is 0 Å². The van der Waals surface area contributed by atoms with E-state index in [9.17, 15) is 9.18 Å². The van der Waals surface area contributed by atoms with E-state index >= 15 is 0 Å². The summed E-state index contributed by atoms with van der Waals surface area (Å²) >= 11 is 0. The quantitative estimate of drug-likeness (QED) is 0.378. The summed E-state index contributed by atoms with van der Waals surface area (Å²) in [5.41, 5.74) is 4.51. The van der Waals surface area contributed by atoms with Gasteiger partial charge < -0.3 is 14.8 Å². The van der Waals surface area contributed by atoms with Gasteiger partial charge in [-0.25, -0.2) is 14.1 Å². The highest BCUT2D eigenvalue weighted by atomic mass is 19.1. The van der Waals surface area contributed by atoms with Gasteiger partial charge in [0.1, 0.15) is 17.2 Å².